The third-order valence-electron chi connectivity index (χ3n) is 5.73. The molecule has 0 aliphatic carbocycles. The standard InChI is InChI=1S/C23H27FN4O4/c1-15-11-20(16(2)28(15)9-4-10-30-3)23(29)27-12-17(13-27)22-25-21(32-26-22)14-31-19-7-5-18(24)6-8-19/h5-8,11,17H,4,9-10,12-14H2,1-3H3. The zero-order valence-corrected chi connectivity index (χ0v) is 18.5. The van der Waals surface area contributed by atoms with Crippen LogP contribution in [-0.4, -0.2) is 52.3 Å². The molecule has 4 rings (SSSR count). The van der Waals surface area contributed by atoms with Crippen LogP contribution in [-0.2, 0) is 17.9 Å². The smallest absolute Gasteiger partial charge is 0.264 e. The van der Waals surface area contributed by atoms with Crippen LogP contribution in [0.3, 0.4) is 0 Å². The fourth-order valence-electron chi connectivity index (χ4n) is 3.88. The maximum Gasteiger partial charge on any atom is 0.264 e. The number of ether oxygens (including phenoxy) is 2. The molecule has 3 heterocycles. The second-order valence-electron chi connectivity index (χ2n) is 7.98. The molecular weight excluding hydrogens is 415 g/mol. The van der Waals surface area contributed by atoms with Crippen molar-refractivity contribution in [3.05, 3.63) is 64.8 Å². The molecule has 0 unspecified atom stereocenters. The van der Waals surface area contributed by atoms with Gasteiger partial charge >= 0.3 is 0 Å². The van der Waals surface area contributed by atoms with Gasteiger partial charge in [-0.3, -0.25) is 4.79 Å². The Labute approximate surface area is 185 Å². The number of likely N-dealkylation sites (tertiary alicyclic amines) is 1. The van der Waals surface area contributed by atoms with Crippen LogP contribution in [0.2, 0.25) is 0 Å². The highest BCUT2D eigenvalue weighted by Gasteiger charge is 2.36. The average Bonchev–Trinajstić information content (AvgIpc) is 3.32. The van der Waals surface area contributed by atoms with Gasteiger partial charge in [-0.05, 0) is 50.6 Å². The largest absolute Gasteiger partial charge is 0.484 e. The minimum absolute atomic E-state index is 0.0238. The van der Waals surface area contributed by atoms with Gasteiger partial charge in [0.2, 0.25) is 0 Å². The van der Waals surface area contributed by atoms with Gasteiger partial charge in [0, 0.05) is 44.7 Å². The number of amides is 1. The lowest BCUT2D eigenvalue weighted by Crippen LogP contribution is -2.49. The Hall–Kier alpha value is -3.20. The van der Waals surface area contributed by atoms with Crippen LogP contribution in [0, 0.1) is 19.7 Å². The first-order chi connectivity index (χ1) is 15.5. The van der Waals surface area contributed by atoms with Gasteiger partial charge in [0.15, 0.2) is 12.4 Å². The molecule has 170 valence electrons. The first-order valence-electron chi connectivity index (χ1n) is 10.6. The molecule has 2 aromatic heterocycles. The Morgan fingerprint density at radius 3 is 2.72 bits per heavy atom. The van der Waals surface area contributed by atoms with Crippen LogP contribution < -0.4 is 4.74 Å². The highest BCUT2D eigenvalue weighted by molar-refractivity contribution is 5.96. The van der Waals surface area contributed by atoms with E-state index in [-0.39, 0.29) is 24.2 Å². The summed E-state index contributed by atoms with van der Waals surface area (Å²) < 4.78 is 31.0. The van der Waals surface area contributed by atoms with Gasteiger partial charge in [-0.25, -0.2) is 4.39 Å². The molecular formula is C23H27FN4O4. The van der Waals surface area contributed by atoms with E-state index in [2.05, 4.69) is 14.7 Å². The average molecular weight is 442 g/mol. The summed E-state index contributed by atoms with van der Waals surface area (Å²) in [5.41, 5.74) is 2.79. The van der Waals surface area contributed by atoms with E-state index >= 15 is 0 Å². The summed E-state index contributed by atoms with van der Waals surface area (Å²) in [5.74, 6) is 1.16. The van der Waals surface area contributed by atoms with Crippen molar-refractivity contribution in [1.82, 2.24) is 19.6 Å². The van der Waals surface area contributed by atoms with Crippen molar-refractivity contribution in [2.75, 3.05) is 26.8 Å². The van der Waals surface area contributed by atoms with E-state index in [0.717, 1.165) is 29.9 Å². The van der Waals surface area contributed by atoms with Gasteiger partial charge in [0.05, 0.1) is 11.5 Å². The summed E-state index contributed by atoms with van der Waals surface area (Å²) in [4.78, 5) is 19.2. The Kier molecular flexibility index (Phi) is 6.55. The number of aromatic nitrogens is 3. The number of benzene rings is 1. The van der Waals surface area contributed by atoms with E-state index in [1.165, 1.54) is 24.3 Å². The van der Waals surface area contributed by atoms with Crippen LogP contribution >= 0.6 is 0 Å². The highest BCUT2D eigenvalue weighted by atomic mass is 19.1. The van der Waals surface area contributed by atoms with Gasteiger partial charge in [-0.1, -0.05) is 5.16 Å². The van der Waals surface area contributed by atoms with E-state index in [9.17, 15) is 9.18 Å². The summed E-state index contributed by atoms with van der Waals surface area (Å²) in [6, 6.07) is 7.68. The number of halogens is 1. The van der Waals surface area contributed by atoms with Gasteiger partial charge < -0.3 is 23.5 Å². The molecule has 0 saturated carbocycles. The third-order valence-corrected chi connectivity index (χ3v) is 5.73. The highest BCUT2D eigenvalue weighted by Crippen LogP contribution is 2.28. The monoisotopic (exact) mass is 442 g/mol. The lowest BCUT2D eigenvalue weighted by molar-refractivity contribution is 0.0591. The van der Waals surface area contributed by atoms with Crippen molar-refractivity contribution >= 4 is 5.91 Å². The summed E-state index contributed by atoms with van der Waals surface area (Å²) >= 11 is 0. The maximum atomic E-state index is 13.0. The number of hydrogen-bond donors (Lipinski definition) is 0. The predicted octanol–water partition coefficient (Wildman–Crippen LogP) is 3.48. The summed E-state index contributed by atoms with van der Waals surface area (Å²) in [7, 11) is 1.69. The van der Waals surface area contributed by atoms with Crippen LogP contribution in [0.25, 0.3) is 0 Å². The van der Waals surface area contributed by atoms with Crippen LogP contribution in [0.1, 0.15) is 45.8 Å². The van der Waals surface area contributed by atoms with Crippen LogP contribution in [0.5, 0.6) is 5.75 Å². The number of rotatable bonds is 9. The lowest BCUT2D eigenvalue weighted by Gasteiger charge is -2.37. The zero-order chi connectivity index (χ0) is 22.7. The molecule has 1 aliphatic rings. The number of methoxy groups -OCH3 is 1. The third kappa shape index (κ3) is 4.67. The quantitative estimate of drug-likeness (QED) is 0.472. The molecule has 3 aromatic rings. The molecule has 1 aliphatic heterocycles. The maximum absolute atomic E-state index is 13.0. The minimum Gasteiger partial charge on any atom is -0.484 e. The van der Waals surface area contributed by atoms with Crippen molar-refractivity contribution in [3.8, 4) is 5.75 Å². The Morgan fingerprint density at radius 2 is 2.00 bits per heavy atom. The number of carbonyl (C=O) groups is 1. The first-order valence-corrected chi connectivity index (χ1v) is 10.6. The number of hydrogen-bond acceptors (Lipinski definition) is 6. The molecule has 0 radical (unpaired) electrons. The molecule has 0 spiro atoms. The second kappa shape index (κ2) is 9.52. The summed E-state index contributed by atoms with van der Waals surface area (Å²) in [6.07, 6.45) is 0.900. The van der Waals surface area contributed by atoms with E-state index in [1.807, 2.05) is 19.9 Å². The predicted molar refractivity (Wildman–Crippen MR) is 114 cm³/mol. The van der Waals surface area contributed by atoms with E-state index in [0.29, 0.717) is 37.2 Å². The SMILES string of the molecule is COCCCn1c(C)cc(C(=O)N2CC(c3noc(COc4ccc(F)cc4)n3)C2)c1C. The zero-order valence-electron chi connectivity index (χ0n) is 18.5. The molecule has 1 aromatic carbocycles. The van der Waals surface area contributed by atoms with Gasteiger partial charge in [-0.15, -0.1) is 0 Å². The summed E-state index contributed by atoms with van der Waals surface area (Å²) in [6.45, 7) is 6.71. The van der Waals surface area contributed by atoms with Crippen LogP contribution in [0.4, 0.5) is 4.39 Å². The van der Waals surface area contributed by atoms with E-state index in [4.69, 9.17) is 14.0 Å². The number of carbonyl (C=O) groups excluding carboxylic acids is 1. The topological polar surface area (TPSA) is 82.6 Å². The molecule has 1 amide bonds. The molecule has 0 N–H and O–H groups in total. The summed E-state index contributed by atoms with van der Waals surface area (Å²) in [5, 5.41) is 4.03. The lowest BCUT2D eigenvalue weighted by atomic mass is 9.98. The van der Waals surface area contributed by atoms with Crippen LogP contribution in [0.15, 0.2) is 34.9 Å². The van der Waals surface area contributed by atoms with Gasteiger partial charge in [0.25, 0.3) is 11.8 Å². The number of nitrogens with zero attached hydrogens (tertiary/aromatic N) is 4. The van der Waals surface area contributed by atoms with E-state index in [1.54, 1.807) is 12.0 Å². The van der Waals surface area contributed by atoms with E-state index < -0.39 is 0 Å². The first kappa shape index (κ1) is 22.0. The van der Waals surface area contributed by atoms with Crippen molar-refractivity contribution in [3.63, 3.8) is 0 Å². The molecule has 1 fully saturated rings. The normalized spacial score (nSPS) is 13.9. The Balaban J connectivity index is 1.31. The molecule has 0 bridgehead atoms. The fourth-order valence-corrected chi connectivity index (χ4v) is 3.88. The van der Waals surface area contributed by atoms with Crippen molar-refractivity contribution < 1.29 is 23.2 Å². The molecule has 32 heavy (non-hydrogen) atoms. The van der Waals surface area contributed by atoms with Crippen molar-refractivity contribution in [2.45, 2.75) is 39.3 Å². The van der Waals surface area contributed by atoms with Crippen molar-refractivity contribution in [1.29, 1.82) is 0 Å². The number of aryl methyl sites for hydroxylation is 1. The second-order valence-corrected chi connectivity index (χ2v) is 7.98. The molecule has 1 saturated heterocycles. The minimum atomic E-state index is -0.325. The van der Waals surface area contributed by atoms with Gasteiger partial charge in [0.1, 0.15) is 11.6 Å². The molecule has 0 atom stereocenters. The van der Waals surface area contributed by atoms with Gasteiger partial charge in [-0.2, -0.15) is 4.98 Å². The molecule has 9 heteroatoms. The fraction of sp³-hybridized carbons (Fsp3) is 0.435. The Bertz CT molecular complexity index is 1070. The van der Waals surface area contributed by atoms with Crippen molar-refractivity contribution in [2.24, 2.45) is 0 Å². The Morgan fingerprint density at radius 1 is 1.25 bits per heavy atom. The molecule has 8 nitrogen and oxygen atoms in total.